The molecular weight excluding hydrogens is 257 g/mol. The van der Waals surface area contributed by atoms with Crippen molar-refractivity contribution < 1.29 is 18.0 Å². The van der Waals surface area contributed by atoms with E-state index in [4.69, 9.17) is 0 Å². The van der Waals surface area contributed by atoms with Crippen LogP contribution in [0.15, 0.2) is 30.5 Å². The van der Waals surface area contributed by atoms with Crippen LogP contribution in [-0.2, 0) is 0 Å². The summed E-state index contributed by atoms with van der Waals surface area (Å²) in [5, 5.41) is 2.40. The van der Waals surface area contributed by atoms with Crippen LogP contribution in [0.1, 0.15) is 16.1 Å². The summed E-state index contributed by atoms with van der Waals surface area (Å²) in [5.74, 6) is -5.17. The summed E-state index contributed by atoms with van der Waals surface area (Å²) in [6.45, 7) is 1.77. The van der Waals surface area contributed by atoms with Gasteiger partial charge in [0.25, 0.3) is 5.91 Å². The number of carbonyl (C=O) groups is 1. The van der Waals surface area contributed by atoms with Crippen molar-refractivity contribution in [1.29, 1.82) is 0 Å². The molecule has 19 heavy (non-hydrogen) atoms. The van der Waals surface area contributed by atoms with Crippen LogP contribution in [0.2, 0.25) is 0 Å². The van der Waals surface area contributed by atoms with Crippen molar-refractivity contribution in [2.75, 3.05) is 5.32 Å². The Balaban J connectivity index is 2.23. The molecule has 0 saturated carbocycles. The minimum absolute atomic E-state index is 0.308. The Morgan fingerprint density at radius 3 is 2.32 bits per heavy atom. The molecule has 0 fully saturated rings. The summed E-state index contributed by atoms with van der Waals surface area (Å²) >= 11 is 0. The number of aryl methyl sites for hydroxylation is 1. The Hall–Kier alpha value is -2.37. The number of anilines is 1. The highest BCUT2D eigenvalue weighted by molar-refractivity contribution is 6.04. The van der Waals surface area contributed by atoms with Crippen LogP contribution in [0.5, 0.6) is 0 Å². The molecule has 0 aliphatic carbocycles. The van der Waals surface area contributed by atoms with Gasteiger partial charge in [0, 0.05) is 11.3 Å². The van der Waals surface area contributed by atoms with E-state index in [1.54, 1.807) is 19.1 Å². The van der Waals surface area contributed by atoms with E-state index in [9.17, 15) is 18.0 Å². The lowest BCUT2D eigenvalue weighted by atomic mass is 10.2. The number of rotatable bonds is 2. The Kier molecular flexibility index (Phi) is 3.50. The van der Waals surface area contributed by atoms with E-state index in [1.165, 1.54) is 6.20 Å². The van der Waals surface area contributed by atoms with Crippen molar-refractivity contribution in [2.24, 2.45) is 0 Å². The van der Waals surface area contributed by atoms with Crippen molar-refractivity contribution in [3.8, 4) is 0 Å². The number of carbonyl (C=O) groups excluding carboxylic acids is 1. The van der Waals surface area contributed by atoms with Crippen LogP contribution in [0, 0.1) is 24.4 Å². The number of nitrogens with one attached hydrogen (secondary N) is 1. The average Bonchev–Trinajstić information content (AvgIpc) is 2.38. The van der Waals surface area contributed by atoms with E-state index in [2.05, 4.69) is 10.3 Å². The molecule has 2 aromatic rings. The van der Waals surface area contributed by atoms with Gasteiger partial charge in [-0.3, -0.25) is 9.78 Å². The van der Waals surface area contributed by atoms with E-state index < -0.39 is 23.4 Å². The second kappa shape index (κ2) is 5.09. The van der Waals surface area contributed by atoms with Crippen LogP contribution in [0.4, 0.5) is 18.9 Å². The van der Waals surface area contributed by atoms with E-state index in [0.29, 0.717) is 17.8 Å². The van der Waals surface area contributed by atoms with Crippen molar-refractivity contribution in [3.05, 3.63) is 59.2 Å². The Bertz CT molecular complexity index is 603. The number of hydrogen-bond donors (Lipinski definition) is 1. The summed E-state index contributed by atoms with van der Waals surface area (Å²) < 4.78 is 38.7. The molecule has 1 aromatic carbocycles. The molecule has 6 heteroatoms. The summed E-state index contributed by atoms with van der Waals surface area (Å²) in [6, 6.07) is 4.53. The number of aromatic nitrogens is 1. The molecular formula is C13H9F3N2O. The molecule has 1 heterocycles. The zero-order valence-electron chi connectivity index (χ0n) is 9.88. The van der Waals surface area contributed by atoms with Crippen molar-refractivity contribution in [2.45, 2.75) is 6.92 Å². The summed E-state index contributed by atoms with van der Waals surface area (Å²) in [4.78, 5) is 15.7. The lowest BCUT2D eigenvalue weighted by molar-refractivity contribution is 0.102. The number of nitrogens with zero attached hydrogens (tertiary/aromatic N) is 1. The lowest BCUT2D eigenvalue weighted by Gasteiger charge is -2.06. The first-order valence-corrected chi connectivity index (χ1v) is 5.36. The number of benzene rings is 1. The van der Waals surface area contributed by atoms with Gasteiger partial charge in [0.05, 0.1) is 11.9 Å². The van der Waals surface area contributed by atoms with Crippen molar-refractivity contribution >= 4 is 11.6 Å². The van der Waals surface area contributed by atoms with E-state index in [0.717, 1.165) is 5.69 Å². The Morgan fingerprint density at radius 2 is 1.79 bits per heavy atom. The van der Waals surface area contributed by atoms with Gasteiger partial charge in [0.2, 0.25) is 0 Å². The first-order valence-electron chi connectivity index (χ1n) is 5.36. The largest absolute Gasteiger partial charge is 0.321 e. The molecule has 3 nitrogen and oxygen atoms in total. The zero-order valence-corrected chi connectivity index (χ0v) is 9.88. The molecule has 0 aliphatic heterocycles. The maximum Gasteiger partial charge on any atom is 0.255 e. The molecule has 0 atom stereocenters. The van der Waals surface area contributed by atoms with Crippen LogP contribution >= 0.6 is 0 Å². The van der Waals surface area contributed by atoms with Crippen LogP contribution in [0.3, 0.4) is 0 Å². The second-order valence-corrected chi connectivity index (χ2v) is 3.90. The first kappa shape index (κ1) is 13.1. The molecule has 0 bridgehead atoms. The topological polar surface area (TPSA) is 42.0 Å². The smallest absolute Gasteiger partial charge is 0.255 e. The summed E-state index contributed by atoms with van der Waals surface area (Å²) in [7, 11) is 0. The molecule has 1 N–H and O–H groups in total. The van der Waals surface area contributed by atoms with Gasteiger partial charge in [-0.15, -0.1) is 0 Å². The maximum atomic E-state index is 13.0. The first-order chi connectivity index (χ1) is 8.97. The molecule has 1 aromatic heterocycles. The molecule has 0 saturated heterocycles. The quantitative estimate of drug-likeness (QED) is 0.849. The zero-order chi connectivity index (χ0) is 14.0. The molecule has 0 radical (unpaired) electrons. The fourth-order valence-electron chi connectivity index (χ4n) is 1.43. The van der Waals surface area contributed by atoms with Gasteiger partial charge in [-0.25, -0.2) is 13.2 Å². The van der Waals surface area contributed by atoms with Gasteiger partial charge in [-0.05, 0) is 31.2 Å². The SMILES string of the molecule is Cc1ccc(NC(=O)c2cc(F)c(F)c(F)c2)cn1. The van der Waals surface area contributed by atoms with E-state index in [-0.39, 0.29) is 5.56 Å². The Labute approximate surface area is 107 Å². The molecule has 2 rings (SSSR count). The van der Waals surface area contributed by atoms with E-state index >= 15 is 0 Å². The predicted molar refractivity (Wildman–Crippen MR) is 63.2 cm³/mol. The highest BCUT2D eigenvalue weighted by atomic mass is 19.2. The maximum absolute atomic E-state index is 13.0. The van der Waals surface area contributed by atoms with Crippen molar-refractivity contribution in [1.82, 2.24) is 4.98 Å². The van der Waals surface area contributed by atoms with Gasteiger partial charge in [0.15, 0.2) is 17.5 Å². The molecule has 0 spiro atoms. The van der Waals surface area contributed by atoms with Crippen LogP contribution < -0.4 is 5.32 Å². The van der Waals surface area contributed by atoms with E-state index in [1.807, 2.05) is 0 Å². The van der Waals surface area contributed by atoms with Gasteiger partial charge < -0.3 is 5.32 Å². The standard InChI is InChI=1S/C13H9F3N2O/c1-7-2-3-9(6-17-7)18-13(19)8-4-10(14)12(16)11(15)5-8/h2-6H,1H3,(H,18,19). The number of hydrogen-bond acceptors (Lipinski definition) is 2. The fraction of sp³-hybridized carbons (Fsp3) is 0.0769. The fourth-order valence-corrected chi connectivity index (χ4v) is 1.43. The minimum atomic E-state index is -1.60. The number of amides is 1. The molecule has 0 aliphatic rings. The third kappa shape index (κ3) is 2.90. The van der Waals surface area contributed by atoms with Gasteiger partial charge in [-0.1, -0.05) is 0 Å². The predicted octanol–water partition coefficient (Wildman–Crippen LogP) is 3.06. The van der Waals surface area contributed by atoms with Gasteiger partial charge in [-0.2, -0.15) is 0 Å². The molecule has 1 amide bonds. The third-order valence-corrected chi connectivity index (χ3v) is 2.42. The molecule has 98 valence electrons. The summed E-state index contributed by atoms with van der Waals surface area (Å²) in [6.07, 6.45) is 1.41. The number of halogens is 3. The third-order valence-electron chi connectivity index (χ3n) is 2.42. The van der Waals surface area contributed by atoms with Crippen LogP contribution in [-0.4, -0.2) is 10.9 Å². The molecule has 0 unspecified atom stereocenters. The van der Waals surface area contributed by atoms with Crippen molar-refractivity contribution in [3.63, 3.8) is 0 Å². The van der Waals surface area contributed by atoms with Gasteiger partial charge in [0.1, 0.15) is 0 Å². The van der Waals surface area contributed by atoms with Crippen LogP contribution in [0.25, 0.3) is 0 Å². The second-order valence-electron chi connectivity index (χ2n) is 3.90. The monoisotopic (exact) mass is 266 g/mol. The van der Waals surface area contributed by atoms with Gasteiger partial charge >= 0.3 is 0 Å². The lowest BCUT2D eigenvalue weighted by Crippen LogP contribution is -2.13. The minimum Gasteiger partial charge on any atom is -0.321 e. The number of pyridine rings is 1. The highest BCUT2D eigenvalue weighted by Crippen LogP contribution is 2.15. The summed E-state index contributed by atoms with van der Waals surface area (Å²) in [5.41, 5.74) is 0.828. The average molecular weight is 266 g/mol. The highest BCUT2D eigenvalue weighted by Gasteiger charge is 2.15. The Morgan fingerprint density at radius 1 is 1.16 bits per heavy atom. The normalized spacial score (nSPS) is 10.3.